The standard InChI is InChI=1S/C9H20N2O.C2H6.V/c1-2-10-5-7-11(8-6-10)4-3-9-12;1-2;/h12H,2-9H2,1H3;1-2H3;. The van der Waals surface area contributed by atoms with Gasteiger partial charge < -0.3 is 14.9 Å². The summed E-state index contributed by atoms with van der Waals surface area (Å²) in [4.78, 5) is 4.90. The summed E-state index contributed by atoms with van der Waals surface area (Å²) in [5.41, 5.74) is 0. The minimum atomic E-state index is 0. The predicted molar refractivity (Wildman–Crippen MR) is 61.6 cm³/mol. The Labute approximate surface area is 107 Å². The monoisotopic (exact) mass is 253 g/mol. The molecule has 1 rings (SSSR count). The van der Waals surface area contributed by atoms with Gasteiger partial charge in [-0.2, -0.15) is 0 Å². The van der Waals surface area contributed by atoms with Crippen LogP contribution in [0.1, 0.15) is 27.2 Å². The third-order valence-corrected chi connectivity index (χ3v) is 2.54. The molecule has 0 aromatic rings. The first-order valence-corrected chi connectivity index (χ1v) is 5.92. The molecule has 0 aromatic heterocycles. The third-order valence-electron chi connectivity index (χ3n) is 2.54. The van der Waals surface area contributed by atoms with Crippen molar-refractivity contribution in [3.63, 3.8) is 0 Å². The summed E-state index contributed by atoms with van der Waals surface area (Å²) in [6.45, 7) is 13.5. The Kier molecular flexibility index (Phi) is 14.9. The molecule has 0 saturated carbocycles. The summed E-state index contributed by atoms with van der Waals surface area (Å²) >= 11 is 0. The number of aliphatic hydroxyl groups excluding tert-OH is 1. The van der Waals surface area contributed by atoms with E-state index in [0.29, 0.717) is 6.61 Å². The third kappa shape index (κ3) is 8.29. The maximum Gasteiger partial charge on any atom is 0.0443 e. The van der Waals surface area contributed by atoms with E-state index in [1.807, 2.05) is 13.8 Å². The van der Waals surface area contributed by atoms with E-state index in [2.05, 4.69) is 16.7 Å². The van der Waals surface area contributed by atoms with E-state index in [9.17, 15) is 0 Å². The minimum absolute atomic E-state index is 0. The van der Waals surface area contributed by atoms with Crippen molar-refractivity contribution in [2.24, 2.45) is 0 Å². The zero-order valence-corrected chi connectivity index (χ0v) is 11.8. The largest absolute Gasteiger partial charge is 0.396 e. The quantitative estimate of drug-likeness (QED) is 0.810. The molecule has 4 heteroatoms. The van der Waals surface area contributed by atoms with E-state index in [0.717, 1.165) is 13.0 Å². The maximum absolute atomic E-state index is 8.66. The van der Waals surface area contributed by atoms with Gasteiger partial charge in [0.2, 0.25) is 0 Å². The first-order valence-electron chi connectivity index (χ1n) is 5.92. The van der Waals surface area contributed by atoms with Crippen molar-refractivity contribution in [1.29, 1.82) is 0 Å². The smallest absolute Gasteiger partial charge is 0.0443 e. The molecule has 1 N–H and O–H groups in total. The summed E-state index contributed by atoms with van der Waals surface area (Å²) in [5.74, 6) is 0. The van der Waals surface area contributed by atoms with Gasteiger partial charge >= 0.3 is 0 Å². The van der Waals surface area contributed by atoms with Crippen molar-refractivity contribution in [1.82, 2.24) is 9.80 Å². The van der Waals surface area contributed by atoms with Gasteiger partial charge in [0.05, 0.1) is 0 Å². The van der Waals surface area contributed by atoms with Crippen molar-refractivity contribution in [2.75, 3.05) is 45.9 Å². The Hall–Kier alpha value is 0.464. The van der Waals surface area contributed by atoms with Gasteiger partial charge in [0.1, 0.15) is 0 Å². The van der Waals surface area contributed by atoms with E-state index in [-0.39, 0.29) is 18.6 Å². The van der Waals surface area contributed by atoms with Crippen molar-refractivity contribution in [2.45, 2.75) is 27.2 Å². The van der Waals surface area contributed by atoms with Crippen LogP contribution in [-0.4, -0.2) is 60.8 Å². The molecule has 1 radical (unpaired) electrons. The number of hydrogen-bond donors (Lipinski definition) is 1. The van der Waals surface area contributed by atoms with E-state index in [1.54, 1.807) is 0 Å². The number of rotatable bonds is 4. The van der Waals surface area contributed by atoms with Crippen molar-refractivity contribution in [3.05, 3.63) is 0 Å². The summed E-state index contributed by atoms with van der Waals surface area (Å²) in [6.07, 6.45) is 0.923. The molecule has 91 valence electrons. The van der Waals surface area contributed by atoms with E-state index in [1.165, 1.54) is 32.7 Å². The molecule has 3 nitrogen and oxygen atoms in total. The SMILES string of the molecule is CC.CCN1CCN(CCCO)CC1.[V]. The van der Waals surface area contributed by atoms with Gasteiger partial charge in [-0.1, -0.05) is 20.8 Å². The number of hydrogen-bond acceptors (Lipinski definition) is 3. The molecule has 0 bridgehead atoms. The van der Waals surface area contributed by atoms with Crippen molar-refractivity contribution >= 4 is 0 Å². The molecule has 1 aliphatic heterocycles. The molecule has 1 heterocycles. The fraction of sp³-hybridized carbons (Fsp3) is 1.00. The van der Waals surface area contributed by atoms with Gasteiger partial charge in [0, 0.05) is 57.9 Å². The molecular weight excluding hydrogens is 227 g/mol. The van der Waals surface area contributed by atoms with Gasteiger partial charge in [0.25, 0.3) is 0 Å². The molecular formula is C11H26N2OV. The zero-order chi connectivity index (χ0) is 10.8. The molecule has 1 aliphatic rings. The number of likely N-dealkylation sites (N-methyl/N-ethyl adjacent to an activating group) is 1. The molecule has 0 atom stereocenters. The second-order valence-electron chi connectivity index (χ2n) is 3.35. The summed E-state index contributed by atoms with van der Waals surface area (Å²) in [6, 6.07) is 0. The van der Waals surface area contributed by atoms with Gasteiger partial charge in [-0.15, -0.1) is 0 Å². The molecule has 15 heavy (non-hydrogen) atoms. The summed E-state index contributed by atoms with van der Waals surface area (Å²) < 4.78 is 0. The van der Waals surface area contributed by atoms with Crippen molar-refractivity contribution < 1.29 is 23.7 Å². The molecule has 1 fully saturated rings. The van der Waals surface area contributed by atoms with Gasteiger partial charge in [-0.3, -0.25) is 0 Å². The molecule has 0 unspecified atom stereocenters. The average molecular weight is 253 g/mol. The van der Waals surface area contributed by atoms with Crippen LogP contribution in [-0.2, 0) is 18.6 Å². The normalized spacial score (nSPS) is 17.6. The Bertz CT molecular complexity index is 117. The summed E-state index contributed by atoms with van der Waals surface area (Å²) in [5, 5.41) is 8.66. The Morgan fingerprint density at radius 1 is 1.00 bits per heavy atom. The topological polar surface area (TPSA) is 26.7 Å². The Morgan fingerprint density at radius 3 is 1.87 bits per heavy atom. The van der Waals surface area contributed by atoms with Crippen LogP contribution in [0.25, 0.3) is 0 Å². The van der Waals surface area contributed by atoms with Crippen LogP contribution in [0.5, 0.6) is 0 Å². The van der Waals surface area contributed by atoms with Crippen LogP contribution < -0.4 is 0 Å². The van der Waals surface area contributed by atoms with Crippen LogP contribution in [0.15, 0.2) is 0 Å². The first kappa shape index (κ1) is 17.8. The molecule has 1 saturated heterocycles. The van der Waals surface area contributed by atoms with E-state index < -0.39 is 0 Å². The van der Waals surface area contributed by atoms with Gasteiger partial charge in [-0.05, 0) is 13.0 Å². The van der Waals surface area contributed by atoms with Gasteiger partial charge in [-0.25, -0.2) is 0 Å². The van der Waals surface area contributed by atoms with E-state index >= 15 is 0 Å². The van der Waals surface area contributed by atoms with Crippen LogP contribution in [0, 0.1) is 0 Å². The Morgan fingerprint density at radius 2 is 1.47 bits per heavy atom. The van der Waals surface area contributed by atoms with Crippen molar-refractivity contribution in [3.8, 4) is 0 Å². The minimum Gasteiger partial charge on any atom is -0.396 e. The van der Waals surface area contributed by atoms with Crippen LogP contribution in [0.3, 0.4) is 0 Å². The fourth-order valence-electron chi connectivity index (χ4n) is 1.62. The number of aliphatic hydroxyl groups is 1. The zero-order valence-electron chi connectivity index (χ0n) is 10.4. The molecule has 0 amide bonds. The second-order valence-corrected chi connectivity index (χ2v) is 3.35. The maximum atomic E-state index is 8.66. The summed E-state index contributed by atoms with van der Waals surface area (Å²) in [7, 11) is 0. The molecule has 0 aromatic carbocycles. The second kappa shape index (κ2) is 12.5. The number of piperazine rings is 1. The van der Waals surface area contributed by atoms with Crippen LogP contribution in [0.4, 0.5) is 0 Å². The predicted octanol–water partition coefficient (Wildman–Crippen LogP) is 1.03. The first-order chi connectivity index (χ1) is 6.86. The number of nitrogens with zero attached hydrogens (tertiary/aromatic N) is 2. The Balaban J connectivity index is 0. The molecule has 0 aliphatic carbocycles. The van der Waals surface area contributed by atoms with Crippen LogP contribution in [0.2, 0.25) is 0 Å². The fourth-order valence-corrected chi connectivity index (χ4v) is 1.62. The van der Waals surface area contributed by atoms with Crippen LogP contribution >= 0.6 is 0 Å². The van der Waals surface area contributed by atoms with E-state index in [4.69, 9.17) is 5.11 Å². The molecule has 0 spiro atoms. The average Bonchev–Trinajstić information content (AvgIpc) is 2.30. The van der Waals surface area contributed by atoms with Gasteiger partial charge in [0.15, 0.2) is 0 Å².